The molecular formula is C13H20N2O2S. The first-order valence-corrected chi connectivity index (χ1v) is 7.78. The topological polar surface area (TPSA) is 49.4 Å². The number of rotatable bonds is 5. The molecule has 0 aliphatic carbocycles. The summed E-state index contributed by atoms with van der Waals surface area (Å²) in [6, 6.07) is 5.42. The summed E-state index contributed by atoms with van der Waals surface area (Å²) in [7, 11) is -1.68. The molecule has 0 saturated carbocycles. The largest absolute Gasteiger partial charge is 0.309 e. The number of hydrogen-bond donors (Lipinski definition) is 1. The number of nitrogens with zero attached hydrogens (tertiary/aromatic N) is 1. The second kappa shape index (κ2) is 5.38. The Bertz CT molecular complexity index is 526. The van der Waals surface area contributed by atoms with Gasteiger partial charge in [-0.25, -0.2) is 12.7 Å². The number of fused-ring (bicyclic) bond motifs is 1. The van der Waals surface area contributed by atoms with E-state index in [0.29, 0.717) is 11.4 Å². The fourth-order valence-corrected chi connectivity index (χ4v) is 3.37. The van der Waals surface area contributed by atoms with Crippen molar-refractivity contribution in [1.82, 2.24) is 9.62 Å². The Morgan fingerprint density at radius 1 is 1.28 bits per heavy atom. The molecule has 1 heterocycles. The van der Waals surface area contributed by atoms with Crippen molar-refractivity contribution in [2.45, 2.75) is 37.8 Å². The van der Waals surface area contributed by atoms with Gasteiger partial charge in [-0.3, -0.25) is 0 Å². The Kier molecular flexibility index (Phi) is 4.04. The predicted molar refractivity (Wildman–Crippen MR) is 71.7 cm³/mol. The summed E-state index contributed by atoms with van der Waals surface area (Å²) in [5.41, 5.74) is 2.30. The van der Waals surface area contributed by atoms with Crippen molar-refractivity contribution < 1.29 is 8.42 Å². The molecule has 0 atom stereocenters. The molecule has 0 unspecified atom stereocenters. The molecule has 100 valence electrons. The summed E-state index contributed by atoms with van der Waals surface area (Å²) in [6.45, 7) is 4.23. The lowest BCUT2D eigenvalue weighted by molar-refractivity contribution is 0.459. The van der Waals surface area contributed by atoms with Crippen molar-refractivity contribution in [3.05, 3.63) is 29.3 Å². The van der Waals surface area contributed by atoms with Gasteiger partial charge >= 0.3 is 0 Å². The molecule has 0 saturated heterocycles. The lowest BCUT2D eigenvalue weighted by Crippen LogP contribution is -2.28. The highest BCUT2D eigenvalue weighted by atomic mass is 32.2. The van der Waals surface area contributed by atoms with Gasteiger partial charge in [0.25, 0.3) is 0 Å². The maximum atomic E-state index is 12.3. The zero-order chi connectivity index (χ0) is 13.2. The van der Waals surface area contributed by atoms with Crippen LogP contribution in [0, 0.1) is 0 Å². The molecule has 1 aromatic carbocycles. The number of benzene rings is 1. The van der Waals surface area contributed by atoms with Crippen LogP contribution in [0.5, 0.6) is 0 Å². The molecule has 0 spiro atoms. The zero-order valence-electron chi connectivity index (χ0n) is 10.9. The normalized spacial score (nSPS) is 15.1. The van der Waals surface area contributed by atoms with Crippen molar-refractivity contribution in [2.75, 3.05) is 13.6 Å². The van der Waals surface area contributed by atoms with Gasteiger partial charge in [-0.05, 0) is 29.7 Å². The molecule has 1 aliphatic heterocycles. The number of nitrogens with one attached hydrogen (secondary N) is 1. The first-order valence-electron chi connectivity index (χ1n) is 6.34. The average molecular weight is 268 g/mol. The summed E-state index contributed by atoms with van der Waals surface area (Å²) >= 11 is 0. The number of unbranched alkanes of at least 4 members (excludes halogenated alkanes) is 1. The number of hydrogen-bond acceptors (Lipinski definition) is 3. The molecule has 18 heavy (non-hydrogen) atoms. The molecule has 2 rings (SSSR count). The number of sulfonamides is 1. The van der Waals surface area contributed by atoms with Crippen LogP contribution in [0.2, 0.25) is 0 Å². The smallest absolute Gasteiger partial charge is 0.242 e. The Morgan fingerprint density at radius 3 is 2.72 bits per heavy atom. The lowest BCUT2D eigenvalue weighted by Gasteiger charge is -2.17. The van der Waals surface area contributed by atoms with Gasteiger partial charge in [0.05, 0.1) is 4.90 Å². The minimum Gasteiger partial charge on any atom is -0.309 e. The van der Waals surface area contributed by atoms with E-state index in [1.807, 2.05) is 6.07 Å². The standard InChI is InChI=1S/C13H20N2O2S/c1-3-4-7-15(2)18(16,17)13-6-5-11-9-14-10-12(11)8-13/h5-6,8,14H,3-4,7,9-10H2,1-2H3. The van der Waals surface area contributed by atoms with E-state index in [1.54, 1.807) is 19.2 Å². The van der Waals surface area contributed by atoms with Crippen molar-refractivity contribution in [2.24, 2.45) is 0 Å². The van der Waals surface area contributed by atoms with Crippen molar-refractivity contribution in [3.63, 3.8) is 0 Å². The molecule has 1 aromatic rings. The summed E-state index contributed by atoms with van der Waals surface area (Å²) < 4.78 is 26.1. The highest BCUT2D eigenvalue weighted by molar-refractivity contribution is 7.89. The predicted octanol–water partition coefficient (Wildman–Crippen LogP) is 1.71. The molecular weight excluding hydrogens is 248 g/mol. The van der Waals surface area contributed by atoms with Gasteiger partial charge in [0, 0.05) is 26.7 Å². The van der Waals surface area contributed by atoms with Gasteiger partial charge in [0.2, 0.25) is 10.0 Å². The van der Waals surface area contributed by atoms with E-state index in [2.05, 4.69) is 12.2 Å². The van der Waals surface area contributed by atoms with Crippen LogP contribution < -0.4 is 5.32 Å². The zero-order valence-corrected chi connectivity index (χ0v) is 11.8. The van der Waals surface area contributed by atoms with Crippen LogP contribution in [0.25, 0.3) is 0 Å². The van der Waals surface area contributed by atoms with E-state index in [1.165, 1.54) is 9.87 Å². The average Bonchev–Trinajstić information content (AvgIpc) is 2.82. The second-order valence-electron chi connectivity index (χ2n) is 4.71. The van der Waals surface area contributed by atoms with Crippen LogP contribution in [0.1, 0.15) is 30.9 Å². The SMILES string of the molecule is CCCCN(C)S(=O)(=O)c1ccc2c(c1)CNC2. The van der Waals surface area contributed by atoms with E-state index in [-0.39, 0.29) is 0 Å². The molecule has 0 aromatic heterocycles. The Labute approximate surface area is 109 Å². The van der Waals surface area contributed by atoms with E-state index >= 15 is 0 Å². The van der Waals surface area contributed by atoms with Crippen LogP contribution in [0.15, 0.2) is 23.1 Å². The monoisotopic (exact) mass is 268 g/mol. The fraction of sp³-hybridized carbons (Fsp3) is 0.538. The molecule has 0 bridgehead atoms. The van der Waals surface area contributed by atoms with Crippen LogP contribution in [-0.4, -0.2) is 26.3 Å². The third kappa shape index (κ3) is 2.58. The van der Waals surface area contributed by atoms with Gasteiger partial charge in [-0.1, -0.05) is 19.4 Å². The van der Waals surface area contributed by atoms with Crippen molar-refractivity contribution >= 4 is 10.0 Å². The van der Waals surface area contributed by atoms with Gasteiger partial charge < -0.3 is 5.32 Å². The first kappa shape index (κ1) is 13.5. The molecule has 1 N–H and O–H groups in total. The van der Waals surface area contributed by atoms with Crippen LogP contribution in [0.3, 0.4) is 0 Å². The molecule has 4 nitrogen and oxygen atoms in total. The molecule has 0 radical (unpaired) electrons. The second-order valence-corrected chi connectivity index (χ2v) is 6.76. The summed E-state index contributed by atoms with van der Waals surface area (Å²) in [5.74, 6) is 0. The van der Waals surface area contributed by atoms with E-state index in [0.717, 1.165) is 31.5 Å². The molecule has 5 heteroatoms. The Balaban J connectivity index is 2.24. The van der Waals surface area contributed by atoms with Crippen molar-refractivity contribution in [1.29, 1.82) is 0 Å². The van der Waals surface area contributed by atoms with Crippen LogP contribution in [0.4, 0.5) is 0 Å². The fourth-order valence-electron chi connectivity index (χ4n) is 2.11. The highest BCUT2D eigenvalue weighted by Crippen LogP contribution is 2.22. The van der Waals surface area contributed by atoms with Crippen LogP contribution in [-0.2, 0) is 23.1 Å². The summed E-state index contributed by atoms with van der Waals surface area (Å²) in [4.78, 5) is 0.406. The maximum Gasteiger partial charge on any atom is 0.242 e. The van der Waals surface area contributed by atoms with E-state index in [9.17, 15) is 8.42 Å². The Hall–Kier alpha value is -0.910. The summed E-state index contributed by atoms with van der Waals surface area (Å²) in [6.07, 6.45) is 1.89. The minimum absolute atomic E-state index is 0.406. The van der Waals surface area contributed by atoms with Gasteiger partial charge in [0.1, 0.15) is 0 Å². The lowest BCUT2D eigenvalue weighted by atomic mass is 10.1. The molecule has 0 fully saturated rings. The van der Waals surface area contributed by atoms with Gasteiger partial charge in [-0.15, -0.1) is 0 Å². The third-order valence-corrected chi connectivity index (χ3v) is 5.20. The van der Waals surface area contributed by atoms with Gasteiger partial charge in [-0.2, -0.15) is 0 Å². The molecule has 1 aliphatic rings. The van der Waals surface area contributed by atoms with E-state index < -0.39 is 10.0 Å². The first-order chi connectivity index (χ1) is 8.55. The van der Waals surface area contributed by atoms with E-state index in [4.69, 9.17) is 0 Å². The quantitative estimate of drug-likeness (QED) is 0.884. The highest BCUT2D eigenvalue weighted by Gasteiger charge is 2.22. The maximum absolute atomic E-state index is 12.3. The minimum atomic E-state index is -3.33. The molecule has 0 amide bonds. The Morgan fingerprint density at radius 2 is 2.00 bits per heavy atom. The van der Waals surface area contributed by atoms with Gasteiger partial charge in [0.15, 0.2) is 0 Å². The van der Waals surface area contributed by atoms with Crippen molar-refractivity contribution in [3.8, 4) is 0 Å². The summed E-state index contributed by atoms with van der Waals surface area (Å²) in [5, 5.41) is 3.22. The van der Waals surface area contributed by atoms with Crippen LogP contribution >= 0.6 is 0 Å². The third-order valence-electron chi connectivity index (χ3n) is 3.34.